The molecule has 1 N–H and O–H groups in total. The normalized spacial score (nSPS) is 11.2. The molecule has 0 saturated carbocycles. The lowest BCUT2D eigenvalue weighted by molar-refractivity contribution is -0.144. The molecule has 3 aromatic rings. The molecule has 0 bridgehead atoms. The Balaban J connectivity index is 1.39. The Morgan fingerprint density at radius 3 is 2.23 bits per heavy atom. The molecule has 0 amide bonds. The summed E-state index contributed by atoms with van der Waals surface area (Å²) in [4.78, 5) is 23.6. The van der Waals surface area contributed by atoms with E-state index < -0.39 is 22.0 Å². The number of fused-ring (bicyclic) bond motifs is 1. The summed E-state index contributed by atoms with van der Waals surface area (Å²) in [6.07, 6.45) is -0.139. The minimum atomic E-state index is -3.74. The first-order valence-corrected chi connectivity index (χ1v) is 10.8. The molecule has 3 aromatic carbocycles. The first-order valence-electron chi connectivity index (χ1n) is 9.32. The number of sulfonamides is 1. The second-order valence-corrected chi connectivity index (χ2v) is 8.15. The lowest BCUT2D eigenvalue weighted by Gasteiger charge is -2.09. The number of carbonyl (C=O) groups excluding carboxylic acids is 2. The number of esters is 2. The van der Waals surface area contributed by atoms with Crippen molar-refractivity contribution in [2.75, 3.05) is 19.8 Å². The minimum absolute atomic E-state index is 0.0811. The lowest BCUT2D eigenvalue weighted by atomic mass is 10.1. The summed E-state index contributed by atoms with van der Waals surface area (Å²) in [5.74, 6) is -1.10. The summed E-state index contributed by atoms with van der Waals surface area (Å²) < 4.78 is 37.2. The second-order valence-electron chi connectivity index (χ2n) is 6.38. The minimum Gasteiger partial charge on any atom is -0.462 e. The van der Waals surface area contributed by atoms with Crippen LogP contribution in [0.25, 0.3) is 10.8 Å². The molecule has 0 aromatic heterocycles. The van der Waals surface area contributed by atoms with Crippen LogP contribution in [0.3, 0.4) is 0 Å². The summed E-state index contributed by atoms with van der Waals surface area (Å²) >= 11 is 0. The van der Waals surface area contributed by atoms with Crippen molar-refractivity contribution in [1.82, 2.24) is 4.72 Å². The maximum absolute atomic E-state index is 12.4. The molecule has 0 atom stereocenters. The van der Waals surface area contributed by atoms with Gasteiger partial charge in [0.15, 0.2) is 0 Å². The molecular formula is C22H21NO6S. The number of rotatable bonds is 9. The Bertz CT molecular complexity index is 1130. The van der Waals surface area contributed by atoms with E-state index >= 15 is 0 Å². The van der Waals surface area contributed by atoms with Gasteiger partial charge in [-0.1, -0.05) is 48.5 Å². The third-order valence-corrected chi connectivity index (χ3v) is 5.70. The molecule has 0 aliphatic carbocycles. The maximum Gasteiger partial charge on any atom is 0.338 e. The van der Waals surface area contributed by atoms with Crippen LogP contribution in [-0.4, -0.2) is 40.1 Å². The van der Waals surface area contributed by atoms with E-state index in [0.29, 0.717) is 5.56 Å². The van der Waals surface area contributed by atoms with E-state index in [4.69, 9.17) is 9.47 Å². The molecular weight excluding hydrogens is 406 g/mol. The van der Waals surface area contributed by atoms with E-state index in [9.17, 15) is 18.0 Å². The summed E-state index contributed by atoms with van der Waals surface area (Å²) in [6.45, 7) is -0.283. The first-order chi connectivity index (χ1) is 14.5. The van der Waals surface area contributed by atoms with Crippen molar-refractivity contribution in [3.8, 4) is 0 Å². The number of hydrogen-bond acceptors (Lipinski definition) is 6. The largest absolute Gasteiger partial charge is 0.462 e. The number of benzene rings is 3. The summed E-state index contributed by atoms with van der Waals surface area (Å²) in [6, 6.07) is 20.7. The van der Waals surface area contributed by atoms with Crippen molar-refractivity contribution < 1.29 is 27.5 Å². The summed E-state index contributed by atoms with van der Waals surface area (Å²) in [5.41, 5.74) is 0.409. The molecule has 0 heterocycles. The van der Waals surface area contributed by atoms with Gasteiger partial charge in [-0.25, -0.2) is 17.9 Å². The Morgan fingerprint density at radius 1 is 0.800 bits per heavy atom. The third-order valence-electron chi connectivity index (χ3n) is 4.24. The van der Waals surface area contributed by atoms with Gasteiger partial charge in [0.05, 0.1) is 16.9 Å². The van der Waals surface area contributed by atoms with E-state index in [0.717, 1.165) is 10.8 Å². The van der Waals surface area contributed by atoms with Crippen molar-refractivity contribution in [3.63, 3.8) is 0 Å². The van der Waals surface area contributed by atoms with Crippen molar-refractivity contribution in [2.45, 2.75) is 11.3 Å². The van der Waals surface area contributed by atoms with Gasteiger partial charge in [-0.2, -0.15) is 0 Å². The van der Waals surface area contributed by atoms with Gasteiger partial charge in [-0.3, -0.25) is 4.79 Å². The van der Waals surface area contributed by atoms with E-state index in [1.807, 2.05) is 24.3 Å². The zero-order valence-electron chi connectivity index (χ0n) is 16.1. The van der Waals surface area contributed by atoms with Gasteiger partial charge in [0.2, 0.25) is 10.0 Å². The van der Waals surface area contributed by atoms with Crippen LogP contribution < -0.4 is 4.72 Å². The highest BCUT2D eigenvalue weighted by molar-refractivity contribution is 7.89. The van der Waals surface area contributed by atoms with Crippen LogP contribution in [0.2, 0.25) is 0 Å². The fourth-order valence-electron chi connectivity index (χ4n) is 2.72. The predicted molar refractivity (Wildman–Crippen MR) is 111 cm³/mol. The van der Waals surface area contributed by atoms with Gasteiger partial charge in [0, 0.05) is 6.54 Å². The zero-order valence-corrected chi connectivity index (χ0v) is 16.9. The molecule has 0 saturated heterocycles. The molecule has 0 unspecified atom stereocenters. The maximum atomic E-state index is 12.4. The average molecular weight is 427 g/mol. The summed E-state index contributed by atoms with van der Waals surface area (Å²) in [5, 5.41) is 1.75. The number of carbonyl (C=O) groups is 2. The molecule has 0 aliphatic heterocycles. The van der Waals surface area contributed by atoms with Crippen LogP contribution in [-0.2, 0) is 24.3 Å². The van der Waals surface area contributed by atoms with Crippen molar-refractivity contribution in [2.24, 2.45) is 0 Å². The van der Waals surface area contributed by atoms with Gasteiger partial charge >= 0.3 is 11.9 Å². The van der Waals surface area contributed by atoms with Crippen LogP contribution in [0, 0.1) is 0 Å². The first kappa shape index (κ1) is 21.5. The van der Waals surface area contributed by atoms with Gasteiger partial charge in [-0.15, -0.1) is 0 Å². The highest BCUT2D eigenvalue weighted by atomic mass is 32.2. The molecule has 156 valence electrons. The number of nitrogens with one attached hydrogen (secondary N) is 1. The van der Waals surface area contributed by atoms with Gasteiger partial charge in [0.25, 0.3) is 0 Å². The molecule has 3 rings (SSSR count). The molecule has 0 aliphatic rings. The summed E-state index contributed by atoms with van der Waals surface area (Å²) in [7, 11) is -3.74. The van der Waals surface area contributed by atoms with Crippen LogP contribution in [0.4, 0.5) is 0 Å². The Morgan fingerprint density at radius 2 is 1.47 bits per heavy atom. The fourth-order valence-corrected chi connectivity index (χ4v) is 3.79. The topological polar surface area (TPSA) is 98.8 Å². The van der Waals surface area contributed by atoms with Crippen molar-refractivity contribution >= 4 is 32.7 Å². The molecule has 0 radical (unpaired) electrons. The third kappa shape index (κ3) is 5.88. The Kier molecular flexibility index (Phi) is 7.16. The number of hydrogen-bond donors (Lipinski definition) is 1. The van der Waals surface area contributed by atoms with Crippen molar-refractivity contribution in [3.05, 3.63) is 78.4 Å². The van der Waals surface area contributed by atoms with E-state index in [1.54, 1.807) is 42.5 Å². The second kappa shape index (κ2) is 10.00. The molecule has 8 heteroatoms. The monoisotopic (exact) mass is 427 g/mol. The lowest BCUT2D eigenvalue weighted by Crippen LogP contribution is -2.27. The standard InChI is InChI=1S/C22H21NO6S/c24-21(28-14-15-29-22(25)18-7-2-1-3-8-18)12-13-23-30(26,27)20-11-10-17-6-4-5-9-19(17)16-20/h1-11,16,23H,12-15H2. The highest BCUT2D eigenvalue weighted by Crippen LogP contribution is 2.18. The van der Waals surface area contributed by atoms with E-state index in [2.05, 4.69) is 4.72 Å². The van der Waals surface area contributed by atoms with Gasteiger partial charge in [-0.05, 0) is 35.0 Å². The SMILES string of the molecule is O=C(CCNS(=O)(=O)c1ccc2ccccc2c1)OCCOC(=O)c1ccccc1. The Hall–Kier alpha value is -3.23. The predicted octanol–water partition coefficient (Wildman–Crippen LogP) is 2.91. The van der Waals surface area contributed by atoms with Crippen LogP contribution in [0.1, 0.15) is 16.8 Å². The molecule has 30 heavy (non-hydrogen) atoms. The van der Waals surface area contributed by atoms with Crippen LogP contribution in [0.5, 0.6) is 0 Å². The smallest absolute Gasteiger partial charge is 0.338 e. The van der Waals surface area contributed by atoms with Crippen LogP contribution in [0.15, 0.2) is 77.7 Å². The number of ether oxygens (including phenoxy) is 2. The Labute approximate surface area is 174 Å². The molecule has 0 spiro atoms. The van der Waals surface area contributed by atoms with E-state index in [1.165, 1.54) is 6.07 Å². The zero-order chi connectivity index (χ0) is 21.4. The van der Waals surface area contributed by atoms with E-state index in [-0.39, 0.29) is 31.1 Å². The molecule has 0 fully saturated rings. The average Bonchev–Trinajstić information content (AvgIpc) is 2.76. The van der Waals surface area contributed by atoms with Gasteiger partial charge < -0.3 is 9.47 Å². The fraction of sp³-hybridized carbons (Fsp3) is 0.182. The quantitative estimate of drug-likeness (QED) is 0.416. The highest BCUT2D eigenvalue weighted by Gasteiger charge is 2.15. The molecule has 7 nitrogen and oxygen atoms in total. The van der Waals surface area contributed by atoms with Crippen LogP contribution >= 0.6 is 0 Å². The van der Waals surface area contributed by atoms with Gasteiger partial charge in [0.1, 0.15) is 13.2 Å². The van der Waals surface area contributed by atoms with Crippen molar-refractivity contribution in [1.29, 1.82) is 0 Å².